The third kappa shape index (κ3) is 2.58. The summed E-state index contributed by atoms with van der Waals surface area (Å²) in [7, 11) is 0. The molecule has 2 amide bonds. The summed E-state index contributed by atoms with van der Waals surface area (Å²) in [5, 5.41) is 12.5. The van der Waals surface area contributed by atoms with Crippen LogP contribution < -0.4 is 11.1 Å². The lowest BCUT2D eigenvalue weighted by atomic mass is 10.1. The summed E-state index contributed by atoms with van der Waals surface area (Å²) >= 11 is 0. The molecule has 3 rings (SSSR count). The Bertz CT molecular complexity index is 878. The molecule has 2 aromatic heterocycles. The molecule has 2 heterocycles. The molecule has 0 unspecified atom stereocenters. The first kappa shape index (κ1) is 13.6. The Morgan fingerprint density at radius 3 is 2.95 bits per heavy atom. The van der Waals surface area contributed by atoms with Crippen LogP contribution in [0, 0.1) is 11.3 Å². The van der Waals surface area contributed by atoms with Crippen LogP contribution in [-0.2, 0) is 6.54 Å². The number of carbonyl (C=O) groups is 1. The van der Waals surface area contributed by atoms with Crippen molar-refractivity contribution in [1.82, 2.24) is 14.5 Å². The van der Waals surface area contributed by atoms with E-state index in [1.54, 1.807) is 36.9 Å². The monoisotopic (exact) mass is 292 g/mol. The number of hydrogen-bond donors (Lipinski definition) is 2. The third-order valence-corrected chi connectivity index (χ3v) is 3.22. The molecule has 0 radical (unpaired) electrons. The zero-order chi connectivity index (χ0) is 15.5. The minimum Gasteiger partial charge on any atom is -0.351 e. The predicted octanol–water partition coefficient (Wildman–Crippen LogP) is 1.84. The van der Waals surface area contributed by atoms with E-state index >= 15 is 0 Å². The Hall–Kier alpha value is -3.40. The van der Waals surface area contributed by atoms with Crippen molar-refractivity contribution in [3.05, 3.63) is 54.2 Å². The number of amides is 2. The van der Waals surface area contributed by atoms with Crippen LogP contribution in [0.15, 0.2) is 43.0 Å². The number of fused-ring (bicyclic) bond motifs is 1. The van der Waals surface area contributed by atoms with E-state index < -0.39 is 6.03 Å². The van der Waals surface area contributed by atoms with Gasteiger partial charge in [0.1, 0.15) is 6.07 Å². The van der Waals surface area contributed by atoms with Gasteiger partial charge in [0.15, 0.2) is 0 Å². The van der Waals surface area contributed by atoms with Gasteiger partial charge in [-0.25, -0.2) is 4.79 Å². The van der Waals surface area contributed by atoms with Gasteiger partial charge < -0.3 is 15.6 Å². The summed E-state index contributed by atoms with van der Waals surface area (Å²) in [6.07, 6.45) is 6.68. The second-order valence-corrected chi connectivity index (χ2v) is 4.70. The lowest BCUT2D eigenvalue weighted by molar-refractivity contribution is 0.259. The zero-order valence-electron chi connectivity index (χ0n) is 11.5. The van der Waals surface area contributed by atoms with Crippen molar-refractivity contribution in [3.63, 3.8) is 0 Å². The molecule has 0 aliphatic rings. The number of urea groups is 1. The van der Waals surface area contributed by atoms with Crippen LogP contribution in [-0.4, -0.2) is 20.6 Å². The summed E-state index contributed by atoms with van der Waals surface area (Å²) in [6, 6.07) is 6.81. The summed E-state index contributed by atoms with van der Waals surface area (Å²) in [4.78, 5) is 19.2. The second kappa shape index (κ2) is 5.54. The molecule has 108 valence electrons. The minimum atomic E-state index is -0.642. The normalized spacial score (nSPS) is 10.3. The summed E-state index contributed by atoms with van der Waals surface area (Å²) in [6.45, 7) is 0.509. The second-order valence-electron chi connectivity index (χ2n) is 4.70. The first-order valence-corrected chi connectivity index (χ1v) is 6.51. The number of benzene rings is 1. The molecule has 0 aliphatic carbocycles. The van der Waals surface area contributed by atoms with Crippen LogP contribution >= 0.6 is 0 Å². The van der Waals surface area contributed by atoms with E-state index in [-0.39, 0.29) is 0 Å². The van der Waals surface area contributed by atoms with Gasteiger partial charge >= 0.3 is 6.03 Å². The Kier molecular flexibility index (Phi) is 3.42. The molecule has 0 atom stereocenters. The van der Waals surface area contributed by atoms with Gasteiger partial charge in [0.2, 0.25) is 0 Å². The quantitative estimate of drug-likeness (QED) is 0.767. The van der Waals surface area contributed by atoms with Crippen LogP contribution in [0.2, 0.25) is 0 Å². The number of nitrogens with two attached hydrogens (primary N) is 1. The Morgan fingerprint density at radius 1 is 1.41 bits per heavy atom. The van der Waals surface area contributed by atoms with E-state index in [0.29, 0.717) is 17.8 Å². The summed E-state index contributed by atoms with van der Waals surface area (Å²) < 4.78 is 1.92. The molecule has 7 heteroatoms. The van der Waals surface area contributed by atoms with Crippen LogP contribution in [0.25, 0.3) is 10.9 Å². The number of anilines is 1. The highest BCUT2D eigenvalue weighted by molar-refractivity contribution is 5.94. The molecule has 0 saturated carbocycles. The van der Waals surface area contributed by atoms with Gasteiger partial charge in [0.05, 0.1) is 24.0 Å². The maximum atomic E-state index is 10.9. The molecule has 3 aromatic rings. The number of primary amides is 1. The van der Waals surface area contributed by atoms with E-state index in [1.807, 2.05) is 10.6 Å². The lowest BCUT2D eigenvalue weighted by Crippen LogP contribution is -2.19. The van der Waals surface area contributed by atoms with Gasteiger partial charge in [0, 0.05) is 35.2 Å². The Balaban J connectivity index is 2.05. The number of nitrogens with zero attached hydrogens (tertiary/aromatic N) is 4. The van der Waals surface area contributed by atoms with Crippen molar-refractivity contribution in [2.24, 2.45) is 5.73 Å². The van der Waals surface area contributed by atoms with E-state index in [4.69, 9.17) is 5.73 Å². The zero-order valence-corrected chi connectivity index (χ0v) is 11.5. The Labute approximate surface area is 126 Å². The SMILES string of the molecule is N#Cc1cn(Cc2cnccn2)c2ccc(NC(N)=O)cc12. The van der Waals surface area contributed by atoms with Crippen molar-refractivity contribution in [2.45, 2.75) is 6.54 Å². The lowest BCUT2D eigenvalue weighted by Gasteiger charge is -2.06. The van der Waals surface area contributed by atoms with Crippen LogP contribution in [0.3, 0.4) is 0 Å². The first-order valence-electron chi connectivity index (χ1n) is 6.51. The number of hydrogen-bond acceptors (Lipinski definition) is 4. The predicted molar refractivity (Wildman–Crippen MR) is 81.0 cm³/mol. The fraction of sp³-hybridized carbons (Fsp3) is 0.0667. The largest absolute Gasteiger partial charge is 0.351 e. The van der Waals surface area contributed by atoms with E-state index in [0.717, 1.165) is 16.6 Å². The molecule has 0 fully saturated rings. The van der Waals surface area contributed by atoms with Crippen molar-refractivity contribution in [1.29, 1.82) is 5.26 Å². The van der Waals surface area contributed by atoms with Crippen molar-refractivity contribution < 1.29 is 4.79 Å². The molecule has 7 nitrogen and oxygen atoms in total. The van der Waals surface area contributed by atoms with Gasteiger partial charge in [-0.3, -0.25) is 9.97 Å². The van der Waals surface area contributed by atoms with Gasteiger partial charge in [0.25, 0.3) is 0 Å². The number of aromatic nitrogens is 3. The molecule has 0 bridgehead atoms. The van der Waals surface area contributed by atoms with Crippen molar-refractivity contribution in [3.8, 4) is 6.07 Å². The van der Waals surface area contributed by atoms with Crippen molar-refractivity contribution in [2.75, 3.05) is 5.32 Å². The van der Waals surface area contributed by atoms with E-state index in [2.05, 4.69) is 21.4 Å². The topological polar surface area (TPSA) is 110 Å². The fourth-order valence-electron chi connectivity index (χ4n) is 2.32. The Morgan fingerprint density at radius 2 is 2.27 bits per heavy atom. The maximum absolute atomic E-state index is 10.9. The molecule has 0 saturated heterocycles. The highest BCUT2D eigenvalue weighted by Gasteiger charge is 2.10. The van der Waals surface area contributed by atoms with Gasteiger partial charge in [-0.2, -0.15) is 5.26 Å². The number of nitrogens with one attached hydrogen (secondary N) is 1. The van der Waals surface area contributed by atoms with Crippen LogP contribution in [0.1, 0.15) is 11.3 Å². The highest BCUT2D eigenvalue weighted by Crippen LogP contribution is 2.25. The van der Waals surface area contributed by atoms with Gasteiger partial charge in [-0.15, -0.1) is 0 Å². The highest BCUT2D eigenvalue weighted by atomic mass is 16.2. The average molecular weight is 292 g/mol. The minimum absolute atomic E-state index is 0.509. The molecular formula is C15H12N6O. The van der Waals surface area contributed by atoms with Crippen molar-refractivity contribution >= 4 is 22.6 Å². The number of nitriles is 1. The first-order chi connectivity index (χ1) is 10.7. The molecule has 22 heavy (non-hydrogen) atoms. The molecular weight excluding hydrogens is 280 g/mol. The third-order valence-electron chi connectivity index (χ3n) is 3.22. The molecule has 0 aliphatic heterocycles. The number of rotatable bonds is 3. The smallest absolute Gasteiger partial charge is 0.316 e. The van der Waals surface area contributed by atoms with Crippen LogP contribution in [0.5, 0.6) is 0 Å². The van der Waals surface area contributed by atoms with E-state index in [9.17, 15) is 10.1 Å². The molecule has 3 N–H and O–H groups in total. The van der Waals surface area contributed by atoms with Crippen LogP contribution in [0.4, 0.5) is 10.5 Å². The summed E-state index contributed by atoms with van der Waals surface area (Å²) in [5.41, 5.74) is 7.85. The molecule has 1 aromatic carbocycles. The average Bonchev–Trinajstić information content (AvgIpc) is 2.85. The summed E-state index contributed by atoms with van der Waals surface area (Å²) in [5.74, 6) is 0. The maximum Gasteiger partial charge on any atom is 0.316 e. The fourth-order valence-corrected chi connectivity index (χ4v) is 2.32. The molecule has 0 spiro atoms. The van der Waals surface area contributed by atoms with Gasteiger partial charge in [-0.05, 0) is 18.2 Å². The van der Waals surface area contributed by atoms with E-state index in [1.165, 1.54) is 0 Å². The number of carbonyl (C=O) groups excluding carboxylic acids is 1. The standard InChI is InChI=1S/C15H12N6O/c16-6-10-8-21(9-12-7-18-3-4-19-12)14-2-1-11(5-13(10)14)20-15(17)22/h1-5,7-8H,9H2,(H3,17,20,22). The van der Waals surface area contributed by atoms with Gasteiger partial charge in [-0.1, -0.05) is 0 Å².